The molecule has 1 saturated carbocycles. The van der Waals surface area contributed by atoms with Crippen molar-refractivity contribution in [2.75, 3.05) is 0 Å². The third-order valence-corrected chi connectivity index (χ3v) is 6.64. The number of nitrogens with one attached hydrogen (secondary N) is 1. The maximum absolute atomic E-state index is 12.8. The Morgan fingerprint density at radius 3 is 2.26 bits per heavy atom. The summed E-state index contributed by atoms with van der Waals surface area (Å²) in [6, 6.07) is 8.77. The Balaban J connectivity index is 1.78. The summed E-state index contributed by atoms with van der Waals surface area (Å²) in [4.78, 5) is 12.8. The molecule has 0 aliphatic heterocycles. The van der Waals surface area contributed by atoms with Crippen LogP contribution in [-0.4, -0.2) is 28.3 Å². The predicted octanol–water partition coefficient (Wildman–Crippen LogP) is 4.96. The first-order chi connectivity index (χ1) is 14.4. The number of nitrogens with zero attached hydrogens (tertiary/aromatic N) is 3. The Kier molecular flexibility index (Phi) is 5.86. The fourth-order valence-corrected chi connectivity index (χ4v) is 4.89. The zero-order valence-electron chi connectivity index (χ0n) is 18.7. The summed E-state index contributed by atoms with van der Waals surface area (Å²) in [5.74, 6) is 0.365. The molecule has 1 aliphatic carbocycles. The Morgan fingerprint density at radius 1 is 1.16 bits per heavy atom. The summed E-state index contributed by atoms with van der Waals surface area (Å²) in [5, 5.41) is 20.8. The number of hydrogen-bond donors (Lipinski definition) is 1. The topological polar surface area (TPSA) is 87.9 Å². The Hall–Kier alpha value is -2.91. The number of carbonyl (C=O) groups excluding carboxylic acids is 1. The molecular weight excluding hydrogens is 412 g/mol. The number of benzene rings is 1. The molecule has 0 bridgehead atoms. The number of aromatic nitrogens is 2. The monoisotopic (exact) mass is 438 g/mol. The van der Waals surface area contributed by atoms with E-state index in [0.717, 1.165) is 11.1 Å². The summed E-state index contributed by atoms with van der Waals surface area (Å²) in [7, 11) is 0. The number of allylic oxidation sites excluding steroid dienone is 1. The van der Waals surface area contributed by atoms with Gasteiger partial charge in [-0.3, -0.25) is 4.79 Å². The van der Waals surface area contributed by atoms with Crippen molar-refractivity contribution in [1.29, 1.82) is 5.26 Å². The van der Waals surface area contributed by atoms with Crippen molar-refractivity contribution < 1.29 is 9.53 Å². The lowest BCUT2D eigenvalue weighted by Gasteiger charge is -2.63. The van der Waals surface area contributed by atoms with E-state index in [-0.39, 0.29) is 34.6 Å². The van der Waals surface area contributed by atoms with E-state index in [4.69, 9.17) is 21.6 Å². The molecule has 0 radical (unpaired) electrons. The van der Waals surface area contributed by atoms with Gasteiger partial charge in [-0.15, -0.1) is 5.10 Å². The van der Waals surface area contributed by atoms with E-state index in [1.54, 1.807) is 24.3 Å². The predicted molar refractivity (Wildman–Crippen MR) is 121 cm³/mol. The van der Waals surface area contributed by atoms with Gasteiger partial charge >= 0.3 is 0 Å². The molecule has 0 unspecified atom stereocenters. The van der Waals surface area contributed by atoms with Gasteiger partial charge in [0, 0.05) is 22.4 Å². The second-order valence-electron chi connectivity index (χ2n) is 9.29. The second-order valence-corrected chi connectivity index (χ2v) is 9.67. The van der Waals surface area contributed by atoms with Crippen molar-refractivity contribution >= 4 is 23.1 Å². The number of halogens is 1. The Morgan fingerprint density at radius 2 is 1.74 bits per heavy atom. The number of hydrogen-bond acceptors (Lipinski definition) is 5. The van der Waals surface area contributed by atoms with Gasteiger partial charge in [0.05, 0.1) is 16.3 Å². The molecule has 162 valence electrons. The van der Waals surface area contributed by atoms with Gasteiger partial charge < -0.3 is 10.1 Å². The molecule has 3 rings (SSSR count). The zero-order chi connectivity index (χ0) is 23.1. The number of carbonyl (C=O) groups is 1. The lowest BCUT2D eigenvalue weighted by Crippen LogP contribution is -2.74. The minimum atomic E-state index is -0.350. The van der Waals surface area contributed by atoms with Crippen LogP contribution in [0.3, 0.4) is 0 Å². The highest BCUT2D eigenvalue weighted by Crippen LogP contribution is 2.56. The summed E-state index contributed by atoms with van der Waals surface area (Å²) in [5.41, 5.74) is 2.16. The smallest absolute Gasteiger partial charge is 0.272 e. The third kappa shape index (κ3) is 3.90. The van der Waals surface area contributed by atoms with Crippen LogP contribution in [0.2, 0.25) is 5.02 Å². The molecule has 0 spiro atoms. The van der Waals surface area contributed by atoms with Gasteiger partial charge in [-0.05, 0) is 43.7 Å². The van der Waals surface area contributed by atoms with Crippen molar-refractivity contribution in [3.8, 4) is 11.8 Å². The number of rotatable bonds is 5. The van der Waals surface area contributed by atoms with E-state index in [1.807, 2.05) is 13.8 Å². The highest BCUT2D eigenvalue weighted by molar-refractivity contribution is 6.32. The molecule has 1 aliphatic rings. The van der Waals surface area contributed by atoms with Gasteiger partial charge in [-0.25, -0.2) is 0 Å². The highest BCUT2D eigenvalue weighted by atomic mass is 35.5. The number of nitriles is 1. The average molecular weight is 439 g/mol. The van der Waals surface area contributed by atoms with Gasteiger partial charge in [-0.2, -0.15) is 10.4 Å². The fourth-order valence-electron chi connectivity index (χ4n) is 4.69. The van der Waals surface area contributed by atoms with E-state index >= 15 is 0 Å². The van der Waals surface area contributed by atoms with Crippen LogP contribution in [0.5, 0.6) is 5.75 Å². The molecule has 1 aromatic heterocycles. The van der Waals surface area contributed by atoms with Crippen molar-refractivity contribution in [3.05, 3.63) is 58.4 Å². The van der Waals surface area contributed by atoms with E-state index in [0.29, 0.717) is 22.0 Å². The summed E-state index contributed by atoms with van der Waals surface area (Å²) < 4.78 is 6.37. The zero-order valence-corrected chi connectivity index (χ0v) is 19.5. The molecule has 31 heavy (non-hydrogen) atoms. The van der Waals surface area contributed by atoms with Crippen molar-refractivity contribution in [2.45, 2.75) is 53.7 Å². The van der Waals surface area contributed by atoms with Gasteiger partial charge in [0.25, 0.3) is 5.91 Å². The molecule has 2 aromatic rings. The maximum Gasteiger partial charge on any atom is 0.272 e. The number of amides is 1. The first kappa shape index (κ1) is 22.8. The van der Waals surface area contributed by atoms with Crippen molar-refractivity contribution in [3.63, 3.8) is 0 Å². The quantitative estimate of drug-likeness (QED) is 0.713. The standard InChI is InChI=1S/C24H27ClN4O2/c1-13(2)16-9-10-17(29-28-16)20(30)27-21-23(4,5)22(24(21,6)7)31-18-11-8-15(12-26)19(25)14(18)3/h8-11,21-22H,1H2,2-7H3,(H,27,30). The summed E-state index contributed by atoms with van der Waals surface area (Å²) in [6.45, 7) is 15.7. The Bertz CT molecular complexity index is 1070. The molecule has 1 amide bonds. The average Bonchev–Trinajstić information content (AvgIpc) is 2.72. The van der Waals surface area contributed by atoms with Crippen molar-refractivity contribution in [2.24, 2.45) is 10.8 Å². The van der Waals surface area contributed by atoms with Gasteiger partial charge in [0.2, 0.25) is 0 Å². The van der Waals surface area contributed by atoms with E-state index < -0.39 is 0 Å². The van der Waals surface area contributed by atoms with Gasteiger partial charge in [-0.1, -0.05) is 45.9 Å². The molecule has 1 aromatic carbocycles. The minimum Gasteiger partial charge on any atom is -0.489 e. The summed E-state index contributed by atoms with van der Waals surface area (Å²) in [6.07, 6.45) is -0.176. The van der Waals surface area contributed by atoms with Crippen LogP contribution >= 0.6 is 11.6 Å². The molecule has 1 fully saturated rings. The van der Waals surface area contributed by atoms with Crippen LogP contribution in [0.4, 0.5) is 0 Å². The van der Waals surface area contributed by atoms with E-state index in [9.17, 15) is 4.79 Å². The lowest BCUT2D eigenvalue weighted by molar-refractivity contribution is -0.164. The third-order valence-electron chi connectivity index (χ3n) is 6.15. The maximum atomic E-state index is 12.8. The molecule has 0 atom stereocenters. The molecule has 1 heterocycles. The van der Waals surface area contributed by atoms with E-state index in [1.165, 1.54) is 0 Å². The summed E-state index contributed by atoms with van der Waals surface area (Å²) >= 11 is 6.30. The van der Waals surface area contributed by atoms with Gasteiger partial charge in [0.15, 0.2) is 5.69 Å². The normalized spacial score (nSPS) is 20.8. The molecule has 1 N–H and O–H groups in total. The second kappa shape index (κ2) is 7.97. The minimum absolute atomic E-state index is 0.144. The first-order valence-corrected chi connectivity index (χ1v) is 10.5. The fraction of sp³-hybridized carbons (Fsp3) is 0.417. The number of ether oxygens (including phenoxy) is 1. The SMILES string of the molecule is C=C(C)c1ccc(C(=O)NC2C(C)(C)C(Oc3ccc(C#N)c(Cl)c3C)C2(C)C)nn1. The lowest BCUT2D eigenvalue weighted by atomic mass is 9.49. The highest BCUT2D eigenvalue weighted by Gasteiger charge is 2.64. The van der Waals surface area contributed by atoms with Gasteiger partial charge in [0.1, 0.15) is 17.9 Å². The van der Waals surface area contributed by atoms with Crippen LogP contribution < -0.4 is 10.1 Å². The largest absolute Gasteiger partial charge is 0.489 e. The van der Waals surface area contributed by atoms with Crippen LogP contribution in [-0.2, 0) is 0 Å². The molecular formula is C24H27ClN4O2. The molecule has 7 heteroatoms. The van der Waals surface area contributed by atoms with E-state index in [2.05, 4.69) is 55.9 Å². The van der Waals surface area contributed by atoms with Crippen LogP contribution in [0, 0.1) is 29.1 Å². The van der Waals surface area contributed by atoms with Crippen molar-refractivity contribution in [1.82, 2.24) is 15.5 Å². The van der Waals surface area contributed by atoms with Crippen LogP contribution in [0.15, 0.2) is 30.8 Å². The Labute approximate surface area is 188 Å². The van der Waals surface area contributed by atoms with Crippen LogP contribution in [0.1, 0.15) is 61.9 Å². The first-order valence-electron chi connectivity index (χ1n) is 10.1. The molecule has 0 saturated heterocycles. The van der Waals surface area contributed by atoms with Crippen LogP contribution in [0.25, 0.3) is 5.57 Å². The molecule has 6 nitrogen and oxygen atoms in total.